The number of ether oxygens (including phenoxy) is 2. The zero-order chi connectivity index (χ0) is 20.6. The quantitative estimate of drug-likeness (QED) is 0.336. The number of nitrogens with zero attached hydrogens (tertiary/aromatic N) is 1. The van der Waals surface area contributed by atoms with Crippen molar-refractivity contribution >= 4 is 67.5 Å². The van der Waals surface area contributed by atoms with E-state index in [2.05, 4.69) is 54.5 Å². The van der Waals surface area contributed by atoms with Crippen LogP contribution in [0.15, 0.2) is 50.4 Å². The van der Waals surface area contributed by atoms with E-state index in [1.54, 1.807) is 6.21 Å². The molecule has 5 nitrogen and oxygen atoms in total. The first-order valence-electron chi connectivity index (χ1n) is 8.96. The van der Waals surface area contributed by atoms with Crippen molar-refractivity contribution in [3.8, 4) is 11.5 Å². The van der Waals surface area contributed by atoms with Crippen LogP contribution in [0.3, 0.4) is 0 Å². The zero-order valence-corrected chi connectivity index (χ0v) is 20.5. The molecule has 3 rings (SSSR count). The van der Waals surface area contributed by atoms with Crippen LogP contribution in [0, 0.1) is 0 Å². The summed E-state index contributed by atoms with van der Waals surface area (Å²) in [6.45, 7) is 2.40. The van der Waals surface area contributed by atoms with Gasteiger partial charge in [0.2, 0.25) is 0 Å². The van der Waals surface area contributed by atoms with Crippen molar-refractivity contribution in [3.05, 3.63) is 56.5 Å². The van der Waals surface area contributed by atoms with Crippen molar-refractivity contribution < 1.29 is 14.3 Å². The molecule has 0 aliphatic carbocycles. The molecule has 0 aromatic heterocycles. The Kier molecular flexibility index (Phi) is 8.77. The summed E-state index contributed by atoms with van der Waals surface area (Å²) in [5.74, 6) is 3.47. The van der Waals surface area contributed by atoms with Gasteiger partial charge < -0.3 is 9.47 Å². The molecule has 1 heterocycles. The number of hydrazone groups is 1. The third-order valence-corrected chi connectivity index (χ3v) is 8.14. The molecule has 0 atom stereocenters. The number of thioether (sulfide) groups is 2. The van der Waals surface area contributed by atoms with Gasteiger partial charge in [0.25, 0.3) is 5.91 Å². The zero-order valence-electron chi connectivity index (χ0n) is 15.7. The van der Waals surface area contributed by atoms with Gasteiger partial charge in [0.15, 0.2) is 6.61 Å². The van der Waals surface area contributed by atoms with Crippen molar-refractivity contribution in [2.75, 3.05) is 24.7 Å². The maximum absolute atomic E-state index is 12.0. The third kappa shape index (κ3) is 6.67. The second kappa shape index (κ2) is 11.3. The van der Waals surface area contributed by atoms with E-state index in [-0.39, 0.29) is 12.5 Å². The van der Waals surface area contributed by atoms with E-state index < -0.39 is 0 Å². The lowest BCUT2D eigenvalue weighted by molar-refractivity contribution is -0.123. The Hall–Kier alpha value is -1.16. The van der Waals surface area contributed by atoms with Gasteiger partial charge in [-0.05, 0) is 74.2 Å². The molecule has 154 valence electrons. The van der Waals surface area contributed by atoms with Crippen molar-refractivity contribution in [1.82, 2.24) is 5.43 Å². The van der Waals surface area contributed by atoms with E-state index in [1.165, 1.54) is 17.1 Å². The number of rotatable bonds is 8. The van der Waals surface area contributed by atoms with Gasteiger partial charge in [-0.15, -0.1) is 23.5 Å². The van der Waals surface area contributed by atoms with Gasteiger partial charge in [0, 0.05) is 11.5 Å². The fraction of sp³-hybridized carbons (Fsp3) is 0.300. The predicted octanol–water partition coefficient (Wildman–Crippen LogP) is 5.62. The summed E-state index contributed by atoms with van der Waals surface area (Å²) in [6.07, 6.45) is 1.56. The van der Waals surface area contributed by atoms with Gasteiger partial charge >= 0.3 is 0 Å². The molecule has 0 radical (unpaired) electrons. The average molecular weight is 560 g/mol. The molecule has 0 saturated carbocycles. The minimum Gasteiger partial charge on any atom is -0.492 e. The minimum absolute atomic E-state index is 0.0969. The molecule has 1 fully saturated rings. The van der Waals surface area contributed by atoms with Crippen LogP contribution in [0.4, 0.5) is 0 Å². The smallest absolute Gasteiger partial charge is 0.277 e. The van der Waals surface area contributed by atoms with Gasteiger partial charge in [-0.25, -0.2) is 5.43 Å². The summed E-state index contributed by atoms with van der Waals surface area (Å²) in [4.78, 5) is 12.0. The molecule has 1 amide bonds. The van der Waals surface area contributed by atoms with Gasteiger partial charge in [0.05, 0.1) is 26.3 Å². The Balaban J connectivity index is 1.47. The highest BCUT2D eigenvalue weighted by molar-refractivity contribution is 9.11. The van der Waals surface area contributed by atoms with Crippen LogP contribution in [0.2, 0.25) is 0 Å². The molecular weight excluding hydrogens is 540 g/mol. The molecule has 1 saturated heterocycles. The Morgan fingerprint density at radius 2 is 1.83 bits per heavy atom. The van der Waals surface area contributed by atoms with Crippen molar-refractivity contribution in [2.45, 2.75) is 11.5 Å². The average Bonchev–Trinajstić information content (AvgIpc) is 3.24. The van der Waals surface area contributed by atoms with E-state index in [1.807, 2.05) is 54.7 Å². The number of amides is 1. The third-order valence-electron chi connectivity index (χ3n) is 3.86. The van der Waals surface area contributed by atoms with Crippen molar-refractivity contribution in [3.63, 3.8) is 0 Å². The lowest BCUT2D eigenvalue weighted by Gasteiger charge is -2.10. The first-order chi connectivity index (χ1) is 14.1. The van der Waals surface area contributed by atoms with Crippen LogP contribution in [0.25, 0.3) is 0 Å². The topological polar surface area (TPSA) is 59.9 Å². The van der Waals surface area contributed by atoms with Crippen molar-refractivity contribution in [1.29, 1.82) is 0 Å². The number of hydrogen-bond acceptors (Lipinski definition) is 6. The summed E-state index contributed by atoms with van der Waals surface area (Å²) in [5.41, 5.74) is 4.57. The second-order valence-corrected chi connectivity index (χ2v) is 10.4. The standard InChI is InChI=1S/C20H20Br2N2O3S2/c1-2-26-19-16(21)9-13(10-17(19)22)11-23-24-18(25)12-27-15-5-3-14(4-6-15)20-28-7-8-29-20/h3-6,9-11,20H,2,7-8,12H2,1H3,(H,24,25)/b23-11-. The molecule has 1 aliphatic heterocycles. The summed E-state index contributed by atoms with van der Waals surface area (Å²) < 4.78 is 13.2. The van der Waals surface area contributed by atoms with Crippen LogP contribution in [-0.2, 0) is 4.79 Å². The summed E-state index contributed by atoms with van der Waals surface area (Å²) >= 11 is 10.9. The van der Waals surface area contributed by atoms with Crippen LogP contribution in [-0.4, -0.2) is 36.8 Å². The van der Waals surface area contributed by atoms with Crippen LogP contribution in [0.1, 0.15) is 22.6 Å². The Bertz CT molecular complexity index is 850. The van der Waals surface area contributed by atoms with E-state index in [0.717, 1.165) is 20.3 Å². The fourth-order valence-corrected chi connectivity index (χ4v) is 6.88. The second-order valence-electron chi connectivity index (χ2n) is 5.97. The first kappa shape index (κ1) is 22.5. The predicted molar refractivity (Wildman–Crippen MR) is 128 cm³/mol. The summed E-state index contributed by atoms with van der Waals surface area (Å²) in [6, 6.07) is 11.7. The van der Waals surface area contributed by atoms with Crippen LogP contribution >= 0.6 is 55.4 Å². The number of carbonyl (C=O) groups is 1. The molecular formula is C20H20Br2N2O3S2. The first-order valence-corrected chi connectivity index (χ1v) is 12.6. The number of benzene rings is 2. The van der Waals surface area contributed by atoms with E-state index >= 15 is 0 Å². The number of nitrogens with one attached hydrogen (secondary N) is 1. The number of halogens is 2. The normalized spacial score (nSPS) is 14.3. The molecule has 9 heteroatoms. The van der Waals surface area contributed by atoms with Gasteiger partial charge in [-0.1, -0.05) is 12.1 Å². The van der Waals surface area contributed by atoms with Crippen LogP contribution in [0.5, 0.6) is 11.5 Å². The Morgan fingerprint density at radius 1 is 1.17 bits per heavy atom. The van der Waals surface area contributed by atoms with E-state index in [0.29, 0.717) is 16.9 Å². The van der Waals surface area contributed by atoms with Gasteiger partial charge in [-0.2, -0.15) is 5.10 Å². The maximum atomic E-state index is 12.0. The molecule has 0 spiro atoms. The minimum atomic E-state index is -0.323. The molecule has 29 heavy (non-hydrogen) atoms. The maximum Gasteiger partial charge on any atom is 0.277 e. The molecule has 2 aromatic rings. The van der Waals surface area contributed by atoms with Crippen LogP contribution < -0.4 is 14.9 Å². The lowest BCUT2D eigenvalue weighted by Crippen LogP contribution is -2.24. The summed E-state index contributed by atoms with van der Waals surface area (Å²) in [5, 5.41) is 3.99. The lowest BCUT2D eigenvalue weighted by atomic mass is 10.2. The monoisotopic (exact) mass is 558 g/mol. The number of hydrogen-bond donors (Lipinski definition) is 1. The highest BCUT2D eigenvalue weighted by Crippen LogP contribution is 2.45. The van der Waals surface area contributed by atoms with E-state index in [9.17, 15) is 4.79 Å². The molecule has 1 aliphatic rings. The Morgan fingerprint density at radius 3 is 2.45 bits per heavy atom. The highest BCUT2D eigenvalue weighted by atomic mass is 79.9. The van der Waals surface area contributed by atoms with Crippen molar-refractivity contribution in [2.24, 2.45) is 5.10 Å². The molecule has 2 aromatic carbocycles. The van der Waals surface area contributed by atoms with E-state index in [4.69, 9.17) is 9.47 Å². The molecule has 1 N–H and O–H groups in total. The number of carbonyl (C=O) groups excluding carboxylic acids is 1. The molecule has 0 unspecified atom stereocenters. The SMILES string of the molecule is CCOc1c(Br)cc(/C=N\NC(=O)COc2ccc(C3SCCS3)cc2)cc1Br. The van der Waals surface area contributed by atoms with Gasteiger partial charge in [-0.3, -0.25) is 4.79 Å². The summed E-state index contributed by atoms with van der Waals surface area (Å²) in [7, 11) is 0. The highest BCUT2D eigenvalue weighted by Gasteiger charge is 2.18. The largest absolute Gasteiger partial charge is 0.492 e. The fourth-order valence-electron chi connectivity index (χ4n) is 2.57. The Labute approximate surface area is 195 Å². The van der Waals surface area contributed by atoms with Gasteiger partial charge in [0.1, 0.15) is 11.5 Å². The molecule has 0 bridgehead atoms.